The Balaban J connectivity index is 0.000000177. The van der Waals surface area contributed by atoms with Crippen molar-refractivity contribution in [3.63, 3.8) is 0 Å². The number of nitrogens with one attached hydrogen (secondary N) is 1. The zero-order valence-corrected chi connectivity index (χ0v) is 50.3. The van der Waals surface area contributed by atoms with Crippen molar-refractivity contribution in [3.8, 4) is 22.5 Å². The summed E-state index contributed by atoms with van der Waals surface area (Å²) in [5.74, 6) is -0.0782. The quantitative estimate of drug-likeness (QED) is 0.0336. The third-order valence-electron chi connectivity index (χ3n) is 15.6. The van der Waals surface area contributed by atoms with E-state index in [1.54, 1.807) is 19.2 Å². The molecule has 7 aromatic carbocycles. The summed E-state index contributed by atoms with van der Waals surface area (Å²) in [6.07, 6.45) is 1.15. The molecule has 0 saturated carbocycles. The molecule has 0 bridgehead atoms. The van der Waals surface area contributed by atoms with Gasteiger partial charge in [0.05, 0.1) is 66.2 Å². The minimum absolute atomic E-state index is 0.0758. The normalized spacial score (nSPS) is 11.4. The number of nitrogens with zero attached hydrogens (tertiary/aromatic N) is 4. The number of carbonyl (C=O) groups excluding carboxylic acids is 4. The van der Waals surface area contributed by atoms with Crippen LogP contribution in [0.15, 0.2) is 166 Å². The number of allylic oxidation sites excluding steroid dienone is 4. The third-order valence-corrected chi connectivity index (χ3v) is 15.6. The summed E-state index contributed by atoms with van der Waals surface area (Å²) >= 11 is 0. The van der Waals surface area contributed by atoms with E-state index < -0.39 is 5.97 Å². The largest absolute Gasteiger partial charge is 0.545 e. The maximum atomic E-state index is 12.5. The third kappa shape index (κ3) is 14.4. The van der Waals surface area contributed by atoms with Crippen molar-refractivity contribution in [2.24, 2.45) is 0 Å². The van der Waals surface area contributed by atoms with Crippen LogP contribution in [0, 0.1) is 0 Å². The lowest BCUT2D eigenvalue weighted by Crippen LogP contribution is -2.40. The second kappa shape index (κ2) is 25.5. The molecule has 1 amide bonds. The second-order valence-corrected chi connectivity index (χ2v) is 23.6. The van der Waals surface area contributed by atoms with E-state index in [0.717, 1.165) is 90.6 Å². The highest BCUT2D eigenvalue weighted by Crippen LogP contribution is 2.42. The number of Topliss-reactive ketones (excluding diaryl/α,β-unsaturated/α-hetero) is 2. The number of benzene rings is 8. The van der Waals surface area contributed by atoms with E-state index in [-0.39, 0.29) is 23.0 Å². The Morgan fingerprint density at radius 2 is 1.17 bits per heavy atom. The molecule has 0 radical (unpaired) electrons. The molecule has 0 saturated heterocycles. The maximum Gasteiger partial charge on any atom is 0.251 e. The Hall–Kier alpha value is -8.25. The van der Waals surface area contributed by atoms with Gasteiger partial charge < -0.3 is 33.5 Å². The Morgan fingerprint density at radius 1 is 0.593 bits per heavy atom. The molecule has 420 valence electrons. The van der Waals surface area contributed by atoms with E-state index in [2.05, 4.69) is 88.1 Å². The van der Waals surface area contributed by atoms with E-state index in [4.69, 9.17) is 4.42 Å². The van der Waals surface area contributed by atoms with Crippen LogP contribution in [-0.2, 0) is 22.7 Å². The number of amides is 1. The first-order chi connectivity index (χ1) is 38.3. The van der Waals surface area contributed by atoms with Crippen molar-refractivity contribution < 1.29 is 37.7 Å². The standard InChI is InChI=1S/C27H30NO.C24H22N2O3.C19H28N2O2/c1-18(2)19(3)25(29)14-15-28(4,5)17-23-16-22-10-6-8-20-12-13-21-9-7-11-24(23)27(21)26(20)22;1-25(2)15-9-11-19-21(13-15)29-22-14-16(26(3)4)10-12-20(22)23(19)17-7-5-6-8-18(17)24(27)28;1-14(2)15(3)18(22)11-12-21(5,6)13-16-7-9-17(10-8-16)19(23)20-4/h6-13,16H,14-15,17H2,1-5H3;5-14H,1-4H3;7-10H,11-13H2,1-6H3/q+1;;/p+1. The SMILES string of the molecule is CC(C)=C(C)C(=O)CC[N+](C)(C)Cc1cc2cccc3ccc4cccc1c4c32.CN(C)c1ccc2c(-c3ccccc3C(=O)[O-])c3ccc(=[N+](C)C)cc-3oc2c1.CNC(=O)c1ccc(C[N+](C)(C)CCC(=O)C(C)=C(C)C)cc1. The average molecular weight is 1090 g/mol. The molecule has 1 aliphatic heterocycles. The summed E-state index contributed by atoms with van der Waals surface area (Å²) in [7, 11) is 18.2. The highest BCUT2D eigenvalue weighted by Gasteiger charge is 2.24. The number of aromatic carboxylic acids is 1. The van der Waals surface area contributed by atoms with Gasteiger partial charge in [0.2, 0.25) is 5.36 Å². The molecule has 11 heteroatoms. The number of hydrogen-bond acceptors (Lipinski definition) is 7. The Morgan fingerprint density at radius 3 is 1.75 bits per heavy atom. The van der Waals surface area contributed by atoms with Gasteiger partial charge in [-0.05, 0) is 127 Å². The molecule has 0 atom stereocenters. The smallest absolute Gasteiger partial charge is 0.251 e. The predicted octanol–water partition coefficient (Wildman–Crippen LogP) is 12.1. The van der Waals surface area contributed by atoms with Crippen molar-refractivity contribution in [2.45, 2.75) is 67.5 Å². The van der Waals surface area contributed by atoms with Crippen LogP contribution in [0.3, 0.4) is 0 Å². The number of hydrogen-bond donors (Lipinski definition) is 1. The molecule has 1 N–H and O–H groups in total. The van der Waals surface area contributed by atoms with E-state index in [1.807, 2.05) is 152 Å². The summed E-state index contributed by atoms with van der Waals surface area (Å²) in [4.78, 5) is 50.0. The fourth-order valence-electron chi connectivity index (χ4n) is 10.3. The lowest BCUT2D eigenvalue weighted by Gasteiger charge is -2.30. The summed E-state index contributed by atoms with van der Waals surface area (Å²) < 4.78 is 9.81. The van der Waals surface area contributed by atoms with Crippen molar-refractivity contribution >= 4 is 72.4 Å². The molecular weight excluding hydrogens is 1010 g/mol. The van der Waals surface area contributed by atoms with E-state index in [1.165, 1.54) is 37.9 Å². The summed E-state index contributed by atoms with van der Waals surface area (Å²) in [5, 5.41) is 24.3. The van der Waals surface area contributed by atoms with Gasteiger partial charge in [-0.15, -0.1) is 0 Å². The minimum atomic E-state index is -1.20. The molecule has 0 aromatic heterocycles. The van der Waals surface area contributed by atoms with Gasteiger partial charge >= 0.3 is 0 Å². The number of ketones is 2. The molecule has 7 aromatic rings. The monoisotopic (exact) mass is 1090 g/mol. The van der Waals surface area contributed by atoms with Gasteiger partial charge in [0, 0.05) is 77.7 Å². The number of fused-ring (bicyclic) bond motifs is 2. The molecule has 0 fully saturated rings. The maximum absolute atomic E-state index is 12.5. The minimum Gasteiger partial charge on any atom is -0.545 e. The summed E-state index contributed by atoms with van der Waals surface area (Å²) in [6.45, 7) is 15.2. The van der Waals surface area contributed by atoms with Gasteiger partial charge in [-0.1, -0.05) is 96.1 Å². The van der Waals surface area contributed by atoms with Gasteiger partial charge in [-0.25, -0.2) is 4.58 Å². The number of carbonyl (C=O) groups is 4. The zero-order chi connectivity index (χ0) is 59.1. The number of carboxylic acid groups (broad SMARTS) is 1. The van der Waals surface area contributed by atoms with Crippen LogP contribution in [0.5, 0.6) is 0 Å². The van der Waals surface area contributed by atoms with Crippen LogP contribution in [0.1, 0.15) is 86.2 Å². The number of carboxylic acids is 1. The van der Waals surface area contributed by atoms with E-state index in [0.29, 0.717) is 35.3 Å². The summed E-state index contributed by atoms with van der Waals surface area (Å²) in [6, 6.07) is 46.5. The molecule has 11 nitrogen and oxygen atoms in total. The average Bonchev–Trinajstić information content (AvgIpc) is 3.45. The van der Waals surface area contributed by atoms with Gasteiger partial charge in [0.15, 0.2) is 11.6 Å². The van der Waals surface area contributed by atoms with Crippen molar-refractivity contribution in [2.75, 3.05) is 81.4 Å². The first kappa shape index (κ1) is 60.4. The first-order valence-corrected chi connectivity index (χ1v) is 27.7. The van der Waals surface area contributed by atoms with Crippen molar-refractivity contribution in [1.82, 2.24) is 9.89 Å². The lowest BCUT2D eigenvalue weighted by atomic mass is 9.90. The number of anilines is 1. The van der Waals surface area contributed by atoms with Crippen LogP contribution in [-0.4, -0.2) is 109 Å². The second-order valence-electron chi connectivity index (χ2n) is 23.6. The number of quaternary nitrogens is 2. The van der Waals surface area contributed by atoms with Crippen LogP contribution >= 0.6 is 0 Å². The Kier molecular flexibility index (Phi) is 19.0. The van der Waals surface area contributed by atoms with Gasteiger partial charge in [0.25, 0.3) is 5.91 Å². The zero-order valence-electron chi connectivity index (χ0n) is 50.3. The van der Waals surface area contributed by atoms with E-state index in [9.17, 15) is 24.3 Å². The van der Waals surface area contributed by atoms with Crippen molar-refractivity contribution in [1.29, 1.82) is 0 Å². The highest BCUT2D eigenvalue weighted by molar-refractivity contribution is 6.23. The molecule has 81 heavy (non-hydrogen) atoms. The highest BCUT2D eigenvalue weighted by atomic mass is 16.4. The molecule has 9 rings (SSSR count). The molecule has 2 aliphatic rings. The molecule has 1 heterocycles. The molecular formula is C70H81N5O6+2. The van der Waals surface area contributed by atoms with Crippen LogP contribution in [0.4, 0.5) is 5.69 Å². The van der Waals surface area contributed by atoms with Crippen LogP contribution in [0.25, 0.3) is 65.7 Å². The predicted molar refractivity (Wildman–Crippen MR) is 333 cm³/mol. The Bertz CT molecular complexity index is 3900. The van der Waals surface area contributed by atoms with Crippen LogP contribution < -0.4 is 25.3 Å². The number of rotatable bonds is 16. The molecule has 0 spiro atoms. The van der Waals surface area contributed by atoms with Gasteiger partial charge in [0.1, 0.15) is 38.5 Å². The lowest BCUT2D eigenvalue weighted by molar-refractivity contribution is -0.903. The van der Waals surface area contributed by atoms with Gasteiger partial charge in [-0.2, -0.15) is 0 Å². The summed E-state index contributed by atoms with van der Waals surface area (Å²) in [5.41, 5.74) is 11.3. The first-order valence-electron chi connectivity index (χ1n) is 27.7. The molecule has 1 aliphatic carbocycles. The topological polar surface area (TPSA) is 123 Å². The Labute approximate surface area is 478 Å². The van der Waals surface area contributed by atoms with Crippen LogP contribution in [0.2, 0.25) is 0 Å². The fourth-order valence-corrected chi connectivity index (χ4v) is 10.3. The van der Waals surface area contributed by atoms with E-state index >= 15 is 0 Å². The van der Waals surface area contributed by atoms with Gasteiger partial charge in [-0.3, -0.25) is 14.4 Å². The fraction of sp³-hybridized carbons (Fsp3) is 0.300. The van der Waals surface area contributed by atoms with Crippen molar-refractivity contribution in [3.05, 3.63) is 189 Å². The molecule has 0 unspecified atom stereocenters.